The molecule has 1 aromatic carbocycles. The van der Waals surface area contributed by atoms with E-state index >= 15 is 0 Å². The minimum absolute atomic E-state index is 0.378. The van der Waals surface area contributed by atoms with Gasteiger partial charge in [-0.25, -0.2) is 0 Å². The van der Waals surface area contributed by atoms with E-state index in [1.807, 2.05) is 12.4 Å². The number of nitrogens with zero attached hydrogens (tertiary/aromatic N) is 1. The van der Waals surface area contributed by atoms with Crippen molar-refractivity contribution in [2.24, 2.45) is 5.73 Å². The van der Waals surface area contributed by atoms with Gasteiger partial charge < -0.3 is 5.73 Å². The maximum absolute atomic E-state index is 6.01. The Kier molecular flexibility index (Phi) is 4.33. The molecule has 0 saturated heterocycles. The first-order chi connectivity index (χ1) is 9.11. The zero-order valence-electron chi connectivity index (χ0n) is 12.0. The van der Waals surface area contributed by atoms with E-state index < -0.39 is 0 Å². The summed E-state index contributed by atoms with van der Waals surface area (Å²) in [5.41, 5.74) is 12.7. The fraction of sp³-hybridized carbons (Fsp3) is 0.353. The third-order valence-corrected chi connectivity index (χ3v) is 3.66. The first-order valence-corrected chi connectivity index (χ1v) is 6.78. The fourth-order valence-electron chi connectivity index (χ4n) is 2.94. The normalized spacial score (nSPS) is 12.4. The molecule has 2 rings (SSSR count). The highest BCUT2D eigenvalue weighted by molar-refractivity contribution is 5.41. The van der Waals surface area contributed by atoms with Gasteiger partial charge in [-0.3, -0.25) is 4.98 Å². The van der Waals surface area contributed by atoms with Gasteiger partial charge in [-0.15, -0.1) is 0 Å². The molecule has 0 radical (unpaired) electrons. The number of aromatic nitrogens is 1. The van der Waals surface area contributed by atoms with Crippen molar-refractivity contribution < 1.29 is 0 Å². The van der Waals surface area contributed by atoms with E-state index in [0.717, 1.165) is 6.42 Å². The van der Waals surface area contributed by atoms with Crippen molar-refractivity contribution in [3.63, 3.8) is 0 Å². The van der Waals surface area contributed by atoms with Gasteiger partial charge in [0.15, 0.2) is 0 Å². The molecule has 1 atom stereocenters. The molecule has 1 heterocycles. The third-order valence-electron chi connectivity index (χ3n) is 3.66. The van der Waals surface area contributed by atoms with Crippen molar-refractivity contribution in [1.29, 1.82) is 0 Å². The van der Waals surface area contributed by atoms with Gasteiger partial charge in [-0.2, -0.15) is 0 Å². The quantitative estimate of drug-likeness (QED) is 0.909. The topological polar surface area (TPSA) is 38.9 Å². The summed E-state index contributed by atoms with van der Waals surface area (Å²) < 4.78 is 0. The third kappa shape index (κ3) is 3.21. The van der Waals surface area contributed by atoms with E-state index in [2.05, 4.69) is 50.0 Å². The van der Waals surface area contributed by atoms with Crippen LogP contribution in [0.25, 0.3) is 0 Å². The number of hydrogen-bond acceptors (Lipinski definition) is 2. The van der Waals surface area contributed by atoms with Crippen LogP contribution in [0.3, 0.4) is 0 Å². The Morgan fingerprint density at radius 1 is 1.05 bits per heavy atom. The van der Waals surface area contributed by atoms with Crippen LogP contribution in [0, 0.1) is 20.8 Å². The molecule has 0 saturated carbocycles. The first kappa shape index (κ1) is 13.8. The lowest BCUT2D eigenvalue weighted by Gasteiger charge is -2.21. The van der Waals surface area contributed by atoms with Crippen LogP contribution >= 0.6 is 0 Å². The zero-order valence-corrected chi connectivity index (χ0v) is 12.0. The summed E-state index contributed by atoms with van der Waals surface area (Å²) in [5, 5.41) is 0. The number of hydrogen-bond donors (Lipinski definition) is 1. The highest BCUT2D eigenvalue weighted by Crippen LogP contribution is 2.27. The molecular weight excluding hydrogens is 232 g/mol. The molecule has 2 heteroatoms. The molecule has 0 fully saturated rings. The molecule has 2 aromatic rings. The van der Waals surface area contributed by atoms with Gasteiger partial charge in [0.25, 0.3) is 0 Å². The Morgan fingerprint density at radius 3 is 2.16 bits per heavy atom. The minimum atomic E-state index is 0.378. The van der Waals surface area contributed by atoms with E-state index in [1.165, 1.54) is 27.8 Å². The van der Waals surface area contributed by atoms with Gasteiger partial charge in [0, 0.05) is 18.3 Å². The lowest BCUT2D eigenvalue weighted by Crippen LogP contribution is -2.17. The first-order valence-electron chi connectivity index (χ1n) is 6.78. The molecule has 0 aliphatic carbocycles. The summed E-state index contributed by atoms with van der Waals surface area (Å²) in [4.78, 5) is 4.07. The van der Waals surface area contributed by atoms with Crippen LogP contribution in [0.1, 0.15) is 33.7 Å². The number of benzene rings is 1. The van der Waals surface area contributed by atoms with Gasteiger partial charge in [-0.05, 0) is 68.1 Å². The summed E-state index contributed by atoms with van der Waals surface area (Å²) in [6, 6.07) is 8.64. The molecule has 0 spiro atoms. The number of aryl methyl sites for hydroxylation is 3. The van der Waals surface area contributed by atoms with E-state index in [4.69, 9.17) is 5.73 Å². The van der Waals surface area contributed by atoms with Crippen LogP contribution in [-0.2, 0) is 6.42 Å². The lowest BCUT2D eigenvalue weighted by atomic mass is 9.85. The van der Waals surface area contributed by atoms with E-state index in [-0.39, 0.29) is 0 Å². The monoisotopic (exact) mass is 254 g/mol. The average molecular weight is 254 g/mol. The van der Waals surface area contributed by atoms with Crippen molar-refractivity contribution in [2.45, 2.75) is 33.1 Å². The average Bonchev–Trinajstić information content (AvgIpc) is 2.37. The predicted octanol–water partition coefficient (Wildman–Crippen LogP) is 3.29. The Balaban J connectivity index is 2.32. The second-order valence-electron chi connectivity index (χ2n) is 5.30. The van der Waals surface area contributed by atoms with Crippen molar-refractivity contribution >= 4 is 0 Å². The number of rotatable bonds is 4. The van der Waals surface area contributed by atoms with Crippen LogP contribution < -0.4 is 5.73 Å². The fourth-order valence-corrected chi connectivity index (χ4v) is 2.94. The minimum Gasteiger partial charge on any atom is -0.330 e. The highest BCUT2D eigenvalue weighted by atomic mass is 14.6. The van der Waals surface area contributed by atoms with E-state index in [9.17, 15) is 0 Å². The largest absolute Gasteiger partial charge is 0.330 e. The summed E-state index contributed by atoms with van der Waals surface area (Å²) in [6.45, 7) is 7.19. The SMILES string of the molecule is Cc1cc(C)c(C(CN)Cc2ccncc2)c(C)c1. The number of pyridine rings is 1. The van der Waals surface area contributed by atoms with Crippen molar-refractivity contribution in [3.8, 4) is 0 Å². The standard InChI is InChI=1S/C17H22N2/c1-12-8-13(2)17(14(3)9-12)16(11-18)10-15-4-6-19-7-5-15/h4-9,16H,10-11,18H2,1-3H3. The van der Waals surface area contributed by atoms with Crippen molar-refractivity contribution in [2.75, 3.05) is 6.54 Å². The maximum atomic E-state index is 6.01. The predicted molar refractivity (Wildman–Crippen MR) is 80.4 cm³/mol. The van der Waals surface area contributed by atoms with Crippen LogP contribution in [-0.4, -0.2) is 11.5 Å². The summed E-state index contributed by atoms with van der Waals surface area (Å²) in [6.07, 6.45) is 4.67. The molecule has 19 heavy (non-hydrogen) atoms. The van der Waals surface area contributed by atoms with Gasteiger partial charge >= 0.3 is 0 Å². The molecule has 2 nitrogen and oxygen atoms in total. The second-order valence-corrected chi connectivity index (χ2v) is 5.30. The Hall–Kier alpha value is -1.67. The lowest BCUT2D eigenvalue weighted by molar-refractivity contribution is 0.684. The molecule has 1 unspecified atom stereocenters. The van der Waals surface area contributed by atoms with Crippen molar-refractivity contribution in [3.05, 3.63) is 64.5 Å². The van der Waals surface area contributed by atoms with Gasteiger partial charge in [-0.1, -0.05) is 17.7 Å². The highest BCUT2D eigenvalue weighted by Gasteiger charge is 2.15. The van der Waals surface area contributed by atoms with Crippen LogP contribution in [0.4, 0.5) is 0 Å². The molecular formula is C17H22N2. The molecule has 0 aliphatic heterocycles. The summed E-state index contributed by atoms with van der Waals surface area (Å²) in [5.74, 6) is 0.378. The Bertz CT molecular complexity index is 523. The summed E-state index contributed by atoms with van der Waals surface area (Å²) in [7, 11) is 0. The number of nitrogens with two attached hydrogens (primary N) is 1. The van der Waals surface area contributed by atoms with Gasteiger partial charge in [0.2, 0.25) is 0 Å². The summed E-state index contributed by atoms with van der Waals surface area (Å²) >= 11 is 0. The van der Waals surface area contributed by atoms with E-state index in [0.29, 0.717) is 12.5 Å². The van der Waals surface area contributed by atoms with Gasteiger partial charge in [0.1, 0.15) is 0 Å². The molecule has 100 valence electrons. The Morgan fingerprint density at radius 2 is 1.63 bits per heavy atom. The molecule has 1 aromatic heterocycles. The van der Waals surface area contributed by atoms with E-state index in [1.54, 1.807) is 0 Å². The molecule has 0 amide bonds. The van der Waals surface area contributed by atoms with Crippen LogP contribution in [0.5, 0.6) is 0 Å². The Labute approximate surface area is 115 Å². The smallest absolute Gasteiger partial charge is 0.0270 e. The molecule has 0 aliphatic rings. The van der Waals surface area contributed by atoms with Gasteiger partial charge in [0.05, 0.1) is 0 Å². The van der Waals surface area contributed by atoms with Crippen molar-refractivity contribution in [1.82, 2.24) is 4.98 Å². The molecule has 2 N–H and O–H groups in total. The maximum Gasteiger partial charge on any atom is 0.0270 e. The molecule has 0 bridgehead atoms. The zero-order chi connectivity index (χ0) is 13.8. The van der Waals surface area contributed by atoms with Crippen LogP contribution in [0.2, 0.25) is 0 Å². The van der Waals surface area contributed by atoms with Crippen LogP contribution in [0.15, 0.2) is 36.7 Å². The second kappa shape index (κ2) is 5.98.